The number of nitrogens with zero attached hydrogens (tertiary/aromatic N) is 3. The summed E-state index contributed by atoms with van der Waals surface area (Å²) in [5.41, 5.74) is 5.15. The van der Waals surface area contributed by atoms with Gasteiger partial charge in [-0.05, 0) is 56.1 Å². The summed E-state index contributed by atoms with van der Waals surface area (Å²) >= 11 is 0. The van der Waals surface area contributed by atoms with Crippen LogP contribution in [0.25, 0.3) is 11.0 Å². The van der Waals surface area contributed by atoms with Crippen molar-refractivity contribution in [2.45, 2.75) is 57.6 Å². The second-order valence-electron chi connectivity index (χ2n) is 8.16. The standard InChI is InChI=1S/C22H26N4O3/c1-12-3-7-24-21-15(12)5-8-26(21)17-10-18(20(28)19(17)27)29-22-16-11-23-6-4-14(16)9-13(2)25-22/h3,5,7-9,17-20,23,27-28H,4,6,10-11H2,1-2H3/t17-,18+,19+,20-/m1/s1. The molecule has 1 saturated carbocycles. The highest BCUT2D eigenvalue weighted by atomic mass is 16.5. The van der Waals surface area contributed by atoms with Crippen LogP contribution in [-0.2, 0) is 13.0 Å². The summed E-state index contributed by atoms with van der Waals surface area (Å²) in [4.78, 5) is 9.08. The Morgan fingerprint density at radius 3 is 2.93 bits per heavy atom. The van der Waals surface area contributed by atoms with Gasteiger partial charge in [-0.2, -0.15) is 0 Å². The Morgan fingerprint density at radius 2 is 2.07 bits per heavy atom. The summed E-state index contributed by atoms with van der Waals surface area (Å²) in [6, 6.07) is 5.78. The van der Waals surface area contributed by atoms with Crippen molar-refractivity contribution in [1.82, 2.24) is 19.9 Å². The number of rotatable bonds is 3. The van der Waals surface area contributed by atoms with Gasteiger partial charge in [-0.1, -0.05) is 0 Å². The smallest absolute Gasteiger partial charge is 0.218 e. The fourth-order valence-corrected chi connectivity index (χ4v) is 4.65. The van der Waals surface area contributed by atoms with Gasteiger partial charge in [0, 0.05) is 42.0 Å². The van der Waals surface area contributed by atoms with Crippen molar-refractivity contribution < 1.29 is 14.9 Å². The largest absolute Gasteiger partial charge is 0.471 e. The molecule has 1 aliphatic heterocycles. The number of fused-ring (bicyclic) bond motifs is 2. The number of aliphatic hydroxyl groups excluding tert-OH is 2. The highest BCUT2D eigenvalue weighted by Crippen LogP contribution is 2.37. The lowest BCUT2D eigenvalue weighted by Gasteiger charge is -2.24. The summed E-state index contributed by atoms with van der Waals surface area (Å²) in [6.45, 7) is 5.65. The lowest BCUT2D eigenvalue weighted by molar-refractivity contribution is -0.0178. The number of aromatic nitrogens is 3. The number of aliphatic hydroxyl groups is 2. The first-order valence-electron chi connectivity index (χ1n) is 10.2. The van der Waals surface area contributed by atoms with Crippen molar-refractivity contribution in [3.63, 3.8) is 0 Å². The predicted octanol–water partition coefficient (Wildman–Crippen LogP) is 1.81. The summed E-state index contributed by atoms with van der Waals surface area (Å²) in [7, 11) is 0. The summed E-state index contributed by atoms with van der Waals surface area (Å²) < 4.78 is 8.17. The second-order valence-corrected chi connectivity index (χ2v) is 8.16. The highest BCUT2D eigenvalue weighted by molar-refractivity contribution is 5.79. The zero-order chi connectivity index (χ0) is 20.1. The van der Waals surface area contributed by atoms with Gasteiger partial charge >= 0.3 is 0 Å². The summed E-state index contributed by atoms with van der Waals surface area (Å²) in [6.07, 6.45) is 2.68. The topological polar surface area (TPSA) is 92.4 Å². The molecule has 0 unspecified atom stereocenters. The van der Waals surface area contributed by atoms with Gasteiger partial charge in [-0.25, -0.2) is 9.97 Å². The van der Waals surface area contributed by atoms with Crippen LogP contribution in [0.1, 0.15) is 34.8 Å². The molecule has 0 aromatic carbocycles. The fraction of sp³-hybridized carbons (Fsp3) is 0.455. The van der Waals surface area contributed by atoms with Crippen molar-refractivity contribution >= 4 is 11.0 Å². The monoisotopic (exact) mass is 394 g/mol. The van der Waals surface area contributed by atoms with Gasteiger partial charge in [0.1, 0.15) is 24.0 Å². The molecule has 0 saturated heterocycles. The van der Waals surface area contributed by atoms with Crippen LogP contribution in [0, 0.1) is 13.8 Å². The normalized spacial score (nSPS) is 26.6. The number of ether oxygens (including phenoxy) is 1. The predicted molar refractivity (Wildman–Crippen MR) is 109 cm³/mol. The molecule has 2 aliphatic rings. The molecule has 3 aromatic rings. The molecule has 7 heteroatoms. The first kappa shape index (κ1) is 18.5. The first-order valence-corrected chi connectivity index (χ1v) is 10.2. The zero-order valence-corrected chi connectivity index (χ0v) is 16.7. The molecule has 29 heavy (non-hydrogen) atoms. The van der Waals surface area contributed by atoms with Gasteiger partial charge < -0.3 is 24.8 Å². The molecule has 3 N–H and O–H groups in total. The van der Waals surface area contributed by atoms with Crippen LogP contribution >= 0.6 is 0 Å². The van der Waals surface area contributed by atoms with Gasteiger partial charge in [0.2, 0.25) is 5.88 Å². The van der Waals surface area contributed by atoms with Crippen LogP contribution in [0.15, 0.2) is 30.6 Å². The Kier molecular flexibility index (Phi) is 4.53. The van der Waals surface area contributed by atoms with E-state index in [2.05, 4.69) is 21.4 Å². The maximum Gasteiger partial charge on any atom is 0.218 e. The fourth-order valence-electron chi connectivity index (χ4n) is 4.65. The van der Waals surface area contributed by atoms with E-state index in [4.69, 9.17) is 4.74 Å². The summed E-state index contributed by atoms with van der Waals surface area (Å²) in [5, 5.41) is 25.9. The average Bonchev–Trinajstić information content (AvgIpc) is 3.25. The van der Waals surface area contributed by atoms with E-state index in [9.17, 15) is 10.2 Å². The Hall–Kier alpha value is -2.48. The van der Waals surface area contributed by atoms with Crippen molar-refractivity contribution in [3.8, 4) is 5.88 Å². The molecule has 1 aliphatic carbocycles. The third kappa shape index (κ3) is 3.10. The molecule has 0 spiro atoms. The molecular weight excluding hydrogens is 368 g/mol. The van der Waals surface area contributed by atoms with E-state index in [0.717, 1.165) is 40.8 Å². The van der Waals surface area contributed by atoms with Gasteiger partial charge in [0.15, 0.2) is 0 Å². The number of aryl methyl sites for hydroxylation is 2. The zero-order valence-electron chi connectivity index (χ0n) is 16.7. The minimum atomic E-state index is -0.989. The lowest BCUT2D eigenvalue weighted by Crippen LogP contribution is -2.35. The highest BCUT2D eigenvalue weighted by Gasteiger charge is 2.45. The maximum absolute atomic E-state index is 10.8. The Bertz CT molecular complexity index is 1060. The van der Waals surface area contributed by atoms with Crippen LogP contribution in [0.3, 0.4) is 0 Å². The van der Waals surface area contributed by atoms with Crippen LogP contribution in [0.5, 0.6) is 5.88 Å². The number of pyridine rings is 2. The van der Waals surface area contributed by atoms with Crippen molar-refractivity contribution in [2.24, 2.45) is 0 Å². The van der Waals surface area contributed by atoms with Gasteiger partial charge in [0.25, 0.3) is 0 Å². The minimum absolute atomic E-state index is 0.305. The van der Waals surface area contributed by atoms with Crippen molar-refractivity contribution in [1.29, 1.82) is 0 Å². The lowest BCUT2D eigenvalue weighted by atomic mass is 10.0. The van der Waals surface area contributed by atoms with E-state index in [1.165, 1.54) is 5.56 Å². The third-order valence-electron chi connectivity index (χ3n) is 6.23. The molecule has 0 bridgehead atoms. The van der Waals surface area contributed by atoms with E-state index in [-0.39, 0.29) is 6.04 Å². The molecule has 3 aromatic heterocycles. The molecule has 0 amide bonds. The van der Waals surface area contributed by atoms with Crippen LogP contribution in [0.4, 0.5) is 0 Å². The molecule has 4 heterocycles. The van der Waals surface area contributed by atoms with Crippen molar-refractivity contribution in [3.05, 3.63) is 53.0 Å². The van der Waals surface area contributed by atoms with Gasteiger partial charge in [-0.3, -0.25) is 0 Å². The van der Waals surface area contributed by atoms with Gasteiger partial charge in [-0.15, -0.1) is 0 Å². The molecule has 152 valence electrons. The third-order valence-corrected chi connectivity index (χ3v) is 6.23. The SMILES string of the molecule is Cc1cc2c(c(O[C@H]3C[C@@H](n4ccc5c(C)ccnc54)[C@H](O)[C@@H]3O)n1)CNCC2. The van der Waals surface area contributed by atoms with E-state index in [1.807, 2.05) is 36.7 Å². The maximum atomic E-state index is 10.8. The average molecular weight is 394 g/mol. The molecule has 5 rings (SSSR count). The molecule has 7 nitrogen and oxygen atoms in total. The Morgan fingerprint density at radius 1 is 1.21 bits per heavy atom. The van der Waals surface area contributed by atoms with E-state index in [1.54, 1.807) is 6.20 Å². The van der Waals surface area contributed by atoms with Crippen LogP contribution < -0.4 is 10.1 Å². The molecule has 0 radical (unpaired) electrons. The van der Waals surface area contributed by atoms with Crippen LogP contribution in [-0.4, -0.2) is 49.6 Å². The van der Waals surface area contributed by atoms with Gasteiger partial charge in [0.05, 0.1) is 6.04 Å². The minimum Gasteiger partial charge on any atom is -0.471 e. The van der Waals surface area contributed by atoms with E-state index < -0.39 is 18.3 Å². The summed E-state index contributed by atoms with van der Waals surface area (Å²) in [5.74, 6) is 0.565. The van der Waals surface area contributed by atoms with Crippen LogP contribution in [0.2, 0.25) is 0 Å². The first-order chi connectivity index (χ1) is 14.0. The molecule has 4 atom stereocenters. The molecular formula is C22H26N4O3. The number of nitrogens with one attached hydrogen (secondary N) is 1. The molecule has 1 fully saturated rings. The number of hydrogen-bond donors (Lipinski definition) is 3. The second kappa shape index (κ2) is 7.09. The van der Waals surface area contributed by atoms with E-state index in [0.29, 0.717) is 18.8 Å². The Balaban J connectivity index is 1.45. The van der Waals surface area contributed by atoms with Crippen molar-refractivity contribution in [2.75, 3.05) is 6.54 Å². The van der Waals surface area contributed by atoms with E-state index >= 15 is 0 Å². The number of hydrogen-bond acceptors (Lipinski definition) is 6. The Labute approximate surface area is 169 Å². The quantitative estimate of drug-likeness (QED) is 0.628.